The fourth-order valence-electron chi connectivity index (χ4n) is 1.78. The minimum Gasteiger partial charge on any atom is -0.358 e. The minimum absolute atomic E-state index is 0.387. The quantitative estimate of drug-likeness (QED) is 0.675. The predicted octanol–water partition coefficient (Wildman–Crippen LogP) is 5.13. The highest BCUT2D eigenvalue weighted by atomic mass is 32.2. The van der Waals surface area contributed by atoms with Crippen LogP contribution in [0.5, 0.6) is 0 Å². The van der Waals surface area contributed by atoms with Crippen LogP contribution in [0.3, 0.4) is 0 Å². The Kier molecular flexibility index (Phi) is 7.30. The van der Waals surface area contributed by atoms with Crippen molar-refractivity contribution in [2.24, 2.45) is 0 Å². The van der Waals surface area contributed by atoms with Crippen molar-refractivity contribution in [3.8, 4) is 0 Å². The number of rotatable bonds is 6. The lowest BCUT2D eigenvalue weighted by molar-refractivity contribution is 0.805. The number of hydrogen-bond acceptors (Lipinski definition) is 3. The van der Waals surface area contributed by atoms with Gasteiger partial charge in [0.15, 0.2) is 0 Å². The van der Waals surface area contributed by atoms with Crippen molar-refractivity contribution in [3.05, 3.63) is 0 Å². The van der Waals surface area contributed by atoms with Gasteiger partial charge in [-0.25, -0.2) is 0 Å². The highest BCUT2D eigenvalue weighted by molar-refractivity contribution is 8.02. The molecule has 19 heavy (non-hydrogen) atoms. The van der Waals surface area contributed by atoms with Gasteiger partial charge in [-0.15, -0.1) is 0 Å². The second kappa shape index (κ2) is 6.90. The van der Waals surface area contributed by atoms with E-state index in [1.54, 1.807) is 0 Å². The van der Waals surface area contributed by atoms with Gasteiger partial charge in [-0.3, -0.25) is 0 Å². The van der Waals surface area contributed by atoms with Gasteiger partial charge in [-0.2, -0.15) is 23.5 Å². The predicted molar refractivity (Wildman–Crippen MR) is 103 cm³/mol. The van der Waals surface area contributed by atoms with Gasteiger partial charge >= 0.3 is 0 Å². The van der Waals surface area contributed by atoms with E-state index in [0.717, 1.165) is 0 Å². The summed E-state index contributed by atoms with van der Waals surface area (Å²) < 4.78 is 4.89. The average Bonchev–Trinajstić information content (AvgIpc) is 2.09. The van der Waals surface area contributed by atoms with E-state index in [2.05, 4.69) is 95.9 Å². The highest BCUT2D eigenvalue weighted by Gasteiger charge is 2.33. The van der Waals surface area contributed by atoms with Gasteiger partial charge in [0.2, 0.25) is 0 Å². The van der Waals surface area contributed by atoms with Crippen LogP contribution in [0.1, 0.15) is 41.5 Å². The van der Waals surface area contributed by atoms with E-state index in [4.69, 9.17) is 0 Å². The van der Waals surface area contributed by atoms with E-state index in [-0.39, 0.29) is 0 Å². The standard InChI is InChI=1S/C14H35NS2Si2/c1-13(2,3)16-11-18(7,8)15-19(9,10)12-17-14(4,5)6/h15H,11-12H2,1-10H3. The monoisotopic (exact) mass is 337 g/mol. The maximum absolute atomic E-state index is 4.11. The van der Waals surface area contributed by atoms with Crippen molar-refractivity contribution in [1.29, 1.82) is 0 Å². The van der Waals surface area contributed by atoms with Gasteiger partial charge in [0.05, 0.1) is 0 Å². The second-order valence-electron chi connectivity index (χ2n) is 8.69. The first-order valence-corrected chi connectivity index (χ1v) is 15.6. The number of thioether (sulfide) groups is 2. The molecule has 0 rings (SSSR count). The van der Waals surface area contributed by atoms with Crippen LogP contribution in [0.2, 0.25) is 26.2 Å². The Morgan fingerprint density at radius 2 is 0.947 bits per heavy atom. The van der Waals surface area contributed by atoms with E-state index < -0.39 is 16.5 Å². The third-order valence-corrected chi connectivity index (χ3v) is 16.5. The van der Waals surface area contributed by atoms with Crippen molar-refractivity contribution >= 4 is 40.0 Å². The van der Waals surface area contributed by atoms with Crippen LogP contribution in [0, 0.1) is 0 Å². The van der Waals surface area contributed by atoms with E-state index in [1.165, 1.54) is 10.8 Å². The van der Waals surface area contributed by atoms with Gasteiger partial charge in [0.1, 0.15) is 16.5 Å². The molecule has 0 radical (unpaired) electrons. The van der Waals surface area contributed by atoms with Crippen LogP contribution in [0.15, 0.2) is 0 Å². The average molecular weight is 338 g/mol. The summed E-state index contributed by atoms with van der Waals surface area (Å²) in [5, 5.41) is 2.63. The van der Waals surface area contributed by atoms with Crippen molar-refractivity contribution in [2.45, 2.75) is 77.2 Å². The first-order valence-electron chi connectivity index (χ1n) is 7.19. The zero-order chi connectivity index (χ0) is 15.5. The summed E-state index contributed by atoms with van der Waals surface area (Å²) in [6.45, 7) is 23.9. The molecule has 0 aliphatic rings. The van der Waals surface area contributed by atoms with Gasteiger partial charge in [0, 0.05) is 20.2 Å². The summed E-state index contributed by atoms with van der Waals surface area (Å²) in [4.78, 5) is 0. The largest absolute Gasteiger partial charge is 0.358 e. The molecule has 0 heterocycles. The Hall–Kier alpha value is 1.09. The van der Waals surface area contributed by atoms with Gasteiger partial charge in [-0.05, 0) is 0 Å². The lowest BCUT2D eigenvalue weighted by Crippen LogP contribution is -2.62. The van der Waals surface area contributed by atoms with Crippen LogP contribution < -0.4 is 4.65 Å². The molecule has 0 aromatic heterocycles. The molecule has 0 fully saturated rings. The molecular formula is C14H35NS2Si2. The molecule has 0 aliphatic carbocycles. The fraction of sp³-hybridized carbons (Fsp3) is 1.00. The maximum atomic E-state index is 4.11. The Morgan fingerprint density at radius 1 is 0.684 bits per heavy atom. The van der Waals surface area contributed by atoms with E-state index in [0.29, 0.717) is 9.49 Å². The van der Waals surface area contributed by atoms with Crippen LogP contribution in [0.25, 0.3) is 0 Å². The van der Waals surface area contributed by atoms with Crippen LogP contribution >= 0.6 is 23.5 Å². The Labute approximate surface area is 132 Å². The molecule has 5 heteroatoms. The van der Waals surface area contributed by atoms with E-state index in [9.17, 15) is 0 Å². The van der Waals surface area contributed by atoms with Gasteiger partial charge in [0.25, 0.3) is 0 Å². The summed E-state index contributed by atoms with van der Waals surface area (Å²) in [5.74, 6) is 0. The third kappa shape index (κ3) is 12.5. The lowest BCUT2D eigenvalue weighted by Gasteiger charge is -2.37. The van der Waals surface area contributed by atoms with E-state index >= 15 is 0 Å². The van der Waals surface area contributed by atoms with Crippen LogP contribution in [-0.4, -0.2) is 36.7 Å². The molecule has 0 aromatic rings. The SMILES string of the molecule is CC(C)(C)SC[Si](C)(C)N[Si](C)(C)CSC(C)(C)C. The second-order valence-corrected chi connectivity index (χ2v) is 22.6. The molecule has 116 valence electrons. The topological polar surface area (TPSA) is 12.0 Å². The van der Waals surface area contributed by atoms with Crippen LogP contribution in [0.4, 0.5) is 0 Å². The first-order chi connectivity index (χ1) is 8.12. The zero-order valence-electron chi connectivity index (χ0n) is 14.7. The molecule has 1 nitrogen and oxygen atoms in total. The summed E-state index contributed by atoms with van der Waals surface area (Å²) in [7, 11) is -2.57. The van der Waals surface area contributed by atoms with E-state index in [1.807, 2.05) is 0 Å². The molecule has 0 amide bonds. The van der Waals surface area contributed by atoms with Crippen LogP contribution in [-0.2, 0) is 0 Å². The van der Waals surface area contributed by atoms with Crippen molar-refractivity contribution in [3.63, 3.8) is 0 Å². The molecule has 0 aromatic carbocycles. The minimum atomic E-state index is -1.28. The summed E-state index contributed by atoms with van der Waals surface area (Å²) in [6.07, 6.45) is 0. The molecule has 0 aliphatic heterocycles. The van der Waals surface area contributed by atoms with Crippen molar-refractivity contribution < 1.29 is 0 Å². The summed E-state index contributed by atoms with van der Waals surface area (Å²) in [5.41, 5.74) is 0. The molecule has 0 unspecified atom stereocenters. The normalized spacial score (nSPS) is 14.8. The van der Waals surface area contributed by atoms with Crippen molar-refractivity contribution in [1.82, 2.24) is 4.65 Å². The lowest BCUT2D eigenvalue weighted by atomic mass is 10.3. The zero-order valence-corrected chi connectivity index (χ0v) is 18.4. The molecule has 1 N–H and O–H groups in total. The highest BCUT2D eigenvalue weighted by Crippen LogP contribution is 2.28. The Balaban J connectivity index is 4.37. The fourth-order valence-corrected chi connectivity index (χ4v) is 17.3. The Bertz CT molecular complexity index is 250. The summed E-state index contributed by atoms with van der Waals surface area (Å²) in [6, 6.07) is 0. The van der Waals surface area contributed by atoms with Gasteiger partial charge < -0.3 is 4.65 Å². The maximum Gasteiger partial charge on any atom is 0.122 e. The molecule has 0 saturated carbocycles. The number of hydrogen-bond donors (Lipinski definition) is 1. The molecule has 0 saturated heterocycles. The molecule has 0 spiro atoms. The molecule has 0 atom stereocenters. The molecular weight excluding hydrogens is 302 g/mol. The molecule has 0 bridgehead atoms. The summed E-state index contributed by atoms with van der Waals surface area (Å²) >= 11 is 4.24. The Morgan fingerprint density at radius 3 is 1.16 bits per heavy atom. The van der Waals surface area contributed by atoms with Crippen molar-refractivity contribution in [2.75, 3.05) is 10.8 Å². The third-order valence-electron chi connectivity index (χ3n) is 2.41. The smallest absolute Gasteiger partial charge is 0.122 e. The number of nitrogens with one attached hydrogen (secondary N) is 1. The van der Waals surface area contributed by atoms with Gasteiger partial charge in [-0.1, -0.05) is 67.7 Å². The first kappa shape index (κ1) is 20.1.